The van der Waals surface area contributed by atoms with E-state index in [1.807, 2.05) is 20.8 Å². The highest BCUT2D eigenvalue weighted by Crippen LogP contribution is 2.10. The van der Waals surface area contributed by atoms with Crippen molar-refractivity contribution in [3.8, 4) is 0 Å². The van der Waals surface area contributed by atoms with Crippen LogP contribution in [0.15, 0.2) is 12.3 Å². The predicted molar refractivity (Wildman–Crippen MR) is 71.0 cm³/mol. The van der Waals surface area contributed by atoms with Crippen LogP contribution in [0.2, 0.25) is 0 Å². The normalized spacial score (nSPS) is 14.2. The molecule has 2 atom stereocenters. The monoisotopic (exact) mass is 267 g/mol. The summed E-state index contributed by atoms with van der Waals surface area (Å²) < 4.78 is 1.66. The van der Waals surface area contributed by atoms with Gasteiger partial charge in [-0.05, 0) is 25.8 Å². The van der Waals surface area contributed by atoms with Gasteiger partial charge in [0.2, 0.25) is 0 Å². The maximum atomic E-state index is 12.0. The summed E-state index contributed by atoms with van der Waals surface area (Å²) >= 11 is 0. The van der Waals surface area contributed by atoms with Crippen LogP contribution in [0.4, 0.5) is 0 Å². The van der Waals surface area contributed by atoms with Crippen molar-refractivity contribution in [3.63, 3.8) is 0 Å². The molecule has 0 radical (unpaired) electrons. The molecule has 0 saturated heterocycles. The summed E-state index contributed by atoms with van der Waals surface area (Å²) in [5.41, 5.74) is 0.239. The first-order valence-electron chi connectivity index (χ1n) is 6.45. The first-order valence-corrected chi connectivity index (χ1v) is 6.45. The molecule has 0 saturated carbocycles. The highest BCUT2D eigenvalue weighted by atomic mass is 16.4. The molecule has 0 aliphatic rings. The Hall–Kier alpha value is -1.85. The number of nitrogens with one attached hydrogen (secondary N) is 1. The number of carboxylic acids is 1. The van der Waals surface area contributed by atoms with Gasteiger partial charge in [0.1, 0.15) is 11.7 Å². The van der Waals surface area contributed by atoms with Gasteiger partial charge in [-0.3, -0.25) is 9.48 Å². The van der Waals surface area contributed by atoms with Crippen molar-refractivity contribution in [1.82, 2.24) is 15.1 Å². The van der Waals surface area contributed by atoms with Crippen LogP contribution in [-0.4, -0.2) is 32.8 Å². The second-order valence-corrected chi connectivity index (χ2v) is 4.95. The third kappa shape index (κ3) is 3.81. The average Bonchev–Trinajstić information content (AvgIpc) is 2.84. The molecule has 6 nitrogen and oxygen atoms in total. The maximum Gasteiger partial charge on any atom is 0.326 e. The van der Waals surface area contributed by atoms with Crippen molar-refractivity contribution in [3.05, 3.63) is 18.0 Å². The van der Waals surface area contributed by atoms with Crippen molar-refractivity contribution in [1.29, 1.82) is 0 Å². The summed E-state index contributed by atoms with van der Waals surface area (Å²) in [6.07, 6.45) is 2.39. The van der Waals surface area contributed by atoms with Gasteiger partial charge in [-0.15, -0.1) is 0 Å². The number of amides is 1. The lowest BCUT2D eigenvalue weighted by Gasteiger charge is -2.19. The minimum absolute atomic E-state index is 0.131. The van der Waals surface area contributed by atoms with Gasteiger partial charge < -0.3 is 10.4 Å². The fourth-order valence-corrected chi connectivity index (χ4v) is 1.65. The number of rotatable bonds is 6. The van der Waals surface area contributed by atoms with E-state index in [9.17, 15) is 9.59 Å². The summed E-state index contributed by atoms with van der Waals surface area (Å²) in [6, 6.07) is 0.860. The quantitative estimate of drug-likeness (QED) is 0.821. The zero-order valence-electron chi connectivity index (χ0n) is 11.8. The number of carbonyl (C=O) groups is 2. The molecule has 0 fully saturated rings. The van der Waals surface area contributed by atoms with E-state index in [4.69, 9.17) is 5.11 Å². The van der Waals surface area contributed by atoms with E-state index in [2.05, 4.69) is 10.4 Å². The third-order valence-electron chi connectivity index (χ3n) is 3.14. The van der Waals surface area contributed by atoms with Gasteiger partial charge in [0.25, 0.3) is 5.91 Å². The van der Waals surface area contributed by atoms with Gasteiger partial charge >= 0.3 is 5.97 Å². The van der Waals surface area contributed by atoms with Gasteiger partial charge in [0, 0.05) is 12.2 Å². The minimum atomic E-state index is -1.02. The summed E-state index contributed by atoms with van der Waals surface area (Å²) in [5.74, 6) is -1.60. The molecule has 1 rings (SSSR count). The van der Waals surface area contributed by atoms with Crippen LogP contribution in [0.1, 0.15) is 50.6 Å². The van der Waals surface area contributed by atoms with Crippen LogP contribution < -0.4 is 5.32 Å². The summed E-state index contributed by atoms with van der Waals surface area (Å²) in [5, 5.41) is 15.8. The number of carbonyl (C=O) groups excluding carboxylic acids is 1. The molecule has 0 aliphatic carbocycles. The molecule has 2 N–H and O–H groups in total. The van der Waals surface area contributed by atoms with Crippen molar-refractivity contribution < 1.29 is 14.7 Å². The summed E-state index contributed by atoms with van der Waals surface area (Å²) in [7, 11) is 0. The first kappa shape index (κ1) is 15.2. The van der Waals surface area contributed by atoms with Crippen LogP contribution in [-0.2, 0) is 4.79 Å². The Labute approximate surface area is 112 Å². The molecular weight excluding hydrogens is 246 g/mol. The minimum Gasteiger partial charge on any atom is -0.480 e. The molecule has 1 aromatic rings. The van der Waals surface area contributed by atoms with Crippen molar-refractivity contribution in [2.45, 2.75) is 46.2 Å². The Kier molecular flexibility index (Phi) is 5.09. The van der Waals surface area contributed by atoms with E-state index in [0.29, 0.717) is 6.42 Å². The lowest BCUT2D eigenvalue weighted by Crippen LogP contribution is -2.45. The van der Waals surface area contributed by atoms with E-state index >= 15 is 0 Å². The Morgan fingerprint density at radius 2 is 2.05 bits per heavy atom. The van der Waals surface area contributed by atoms with E-state index in [-0.39, 0.29) is 17.7 Å². The lowest BCUT2D eigenvalue weighted by molar-refractivity contribution is -0.140. The van der Waals surface area contributed by atoms with E-state index in [0.717, 1.165) is 0 Å². The number of aliphatic carboxylic acids is 1. The third-order valence-corrected chi connectivity index (χ3v) is 3.14. The van der Waals surface area contributed by atoms with Crippen LogP contribution in [0, 0.1) is 5.92 Å². The SMILES string of the molecule is CCC(C)C(NC(=O)c1ccn(C(C)C)n1)C(=O)O. The topological polar surface area (TPSA) is 84.2 Å². The molecule has 1 amide bonds. The Morgan fingerprint density at radius 3 is 2.47 bits per heavy atom. The molecule has 19 heavy (non-hydrogen) atoms. The number of aromatic nitrogens is 2. The fourth-order valence-electron chi connectivity index (χ4n) is 1.65. The number of hydrogen-bond donors (Lipinski definition) is 2. The standard InChI is InChI=1S/C13H21N3O3/c1-5-9(4)11(13(18)19)14-12(17)10-6-7-16(15-10)8(2)3/h6-9,11H,5H2,1-4H3,(H,14,17)(H,18,19). The number of hydrogen-bond acceptors (Lipinski definition) is 3. The smallest absolute Gasteiger partial charge is 0.326 e. The Morgan fingerprint density at radius 1 is 1.42 bits per heavy atom. The predicted octanol–water partition coefficient (Wildman–Crippen LogP) is 1.69. The van der Waals surface area contributed by atoms with Gasteiger partial charge in [0.15, 0.2) is 0 Å². The van der Waals surface area contributed by atoms with Gasteiger partial charge in [0.05, 0.1) is 0 Å². The van der Waals surface area contributed by atoms with E-state index in [1.165, 1.54) is 0 Å². The van der Waals surface area contributed by atoms with Crippen LogP contribution in [0.5, 0.6) is 0 Å². The second kappa shape index (κ2) is 6.36. The van der Waals surface area contributed by atoms with Gasteiger partial charge in [-0.2, -0.15) is 5.10 Å². The highest BCUT2D eigenvalue weighted by Gasteiger charge is 2.26. The molecular formula is C13H21N3O3. The molecule has 6 heteroatoms. The molecule has 0 spiro atoms. The second-order valence-electron chi connectivity index (χ2n) is 4.95. The number of carboxylic acid groups (broad SMARTS) is 1. The van der Waals surface area contributed by atoms with Crippen LogP contribution in [0.3, 0.4) is 0 Å². The first-order chi connectivity index (χ1) is 8.86. The Bertz CT molecular complexity index is 454. The van der Waals surface area contributed by atoms with Gasteiger partial charge in [-0.1, -0.05) is 20.3 Å². The highest BCUT2D eigenvalue weighted by molar-refractivity contribution is 5.94. The lowest BCUT2D eigenvalue weighted by atomic mass is 9.99. The maximum absolute atomic E-state index is 12.0. The van der Waals surface area contributed by atoms with Crippen molar-refractivity contribution in [2.24, 2.45) is 5.92 Å². The average molecular weight is 267 g/mol. The summed E-state index contributed by atoms with van der Waals surface area (Å²) in [4.78, 5) is 23.1. The molecule has 2 unspecified atom stereocenters. The van der Waals surface area contributed by atoms with Crippen LogP contribution >= 0.6 is 0 Å². The molecule has 1 heterocycles. The van der Waals surface area contributed by atoms with E-state index < -0.39 is 17.9 Å². The van der Waals surface area contributed by atoms with Crippen molar-refractivity contribution >= 4 is 11.9 Å². The van der Waals surface area contributed by atoms with Gasteiger partial charge in [-0.25, -0.2) is 4.79 Å². The molecule has 1 aromatic heterocycles. The molecule has 0 aromatic carbocycles. The zero-order chi connectivity index (χ0) is 14.6. The zero-order valence-corrected chi connectivity index (χ0v) is 11.8. The molecule has 0 aliphatic heterocycles. The molecule has 0 bridgehead atoms. The van der Waals surface area contributed by atoms with Crippen molar-refractivity contribution in [2.75, 3.05) is 0 Å². The number of nitrogens with zero attached hydrogens (tertiary/aromatic N) is 2. The Balaban J connectivity index is 2.79. The molecule has 106 valence electrons. The summed E-state index contributed by atoms with van der Waals surface area (Å²) in [6.45, 7) is 7.59. The van der Waals surface area contributed by atoms with Crippen LogP contribution in [0.25, 0.3) is 0 Å². The fraction of sp³-hybridized carbons (Fsp3) is 0.615. The largest absolute Gasteiger partial charge is 0.480 e. The van der Waals surface area contributed by atoms with E-state index in [1.54, 1.807) is 23.9 Å².